The molecule has 0 aliphatic heterocycles. The second-order valence-corrected chi connectivity index (χ2v) is 45.0. The Labute approximate surface area is 426 Å². The fourth-order valence-corrected chi connectivity index (χ4v) is 27.6. The van der Waals surface area contributed by atoms with Crippen molar-refractivity contribution in [3.63, 3.8) is 0 Å². The molecule has 0 aromatic heterocycles. The van der Waals surface area contributed by atoms with Crippen molar-refractivity contribution < 1.29 is 54.4 Å². The third-order valence-corrected chi connectivity index (χ3v) is 26.1. The summed E-state index contributed by atoms with van der Waals surface area (Å²) in [5.74, 6) is 0. The molecule has 0 aromatic rings. The quantitative estimate of drug-likeness (QED) is 0.0329. The molecule has 0 saturated heterocycles. The lowest BCUT2D eigenvalue weighted by Gasteiger charge is -2.38. The van der Waals surface area contributed by atoms with Crippen molar-refractivity contribution in [2.45, 2.75) is 118 Å². The number of rotatable bonds is 43. The molecule has 0 aliphatic rings. The van der Waals surface area contributed by atoms with E-state index in [0.717, 1.165) is 18.9 Å². The molecule has 0 amide bonds. The van der Waals surface area contributed by atoms with Gasteiger partial charge in [-0.2, -0.15) is 0 Å². The number of hydrogen-bond acceptors (Lipinski definition) is 12. The fraction of sp³-hybridized carbons (Fsp3) is 0.720. The van der Waals surface area contributed by atoms with Crippen LogP contribution in [0, 0.1) is 10.8 Å². The highest BCUT2D eigenvalue weighted by Crippen LogP contribution is 2.27. The lowest BCUT2D eigenvalue weighted by atomic mass is 9.92. The first-order valence-corrected chi connectivity index (χ1v) is 42.0. The maximum atomic E-state index is 6.60. The van der Waals surface area contributed by atoms with Crippen LogP contribution < -0.4 is 0 Å². The lowest BCUT2D eigenvalue weighted by Crippen LogP contribution is -2.52. The summed E-state index contributed by atoms with van der Waals surface area (Å²) < 4.78 is 71.0. The summed E-state index contributed by atoms with van der Waals surface area (Å²) >= 11 is 0. The second-order valence-electron chi connectivity index (χ2n) is 20.7. The zero-order valence-electron chi connectivity index (χ0n) is 45.4. The van der Waals surface area contributed by atoms with Gasteiger partial charge in [-0.15, -0.1) is 46.1 Å². The van der Waals surface area contributed by atoms with E-state index in [1.54, 1.807) is 42.5 Å². The zero-order valence-corrected chi connectivity index (χ0v) is 51.6. The summed E-state index contributed by atoms with van der Waals surface area (Å²) in [7, 11) is -9.61. The van der Waals surface area contributed by atoms with Gasteiger partial charge in [0.25, 0.3) is 9.28 Å². The van der Waals surface area contributed by atoms with Crippen molar-refractivity contribution >= 4 is 51.1 Å². The predicted molar refractivity (Wildman–Crippen MR) is 306 cm³/mol. The summed E-state index contributed by atoms with van der Waals surface area (Å²) in [6, 6.07) is 0.989. The van der Waals surface area contributed by atoms with Gasteiger partial charge in [0.2, 0.25) is 0 Å². The smallest absolute Gasteiger partial charge is 0.314 e. The Hall–Kier alpha value is -0.999. The molecule has 0 N–H and O–H groups in total. The molecule has 0 heterocycles. The molecule has 0 spiro atoms. The molecule has 0 radical (unpaired) electrons. The largest absolute Gasteiger partial charge is 0.439 e. The van der Waals surface area contributed by atoms with E-state index in [-0.39, 0.29) is 12.8 Å². The summed E-state index contributed by atoms with van der Waals surface area (Å²) in [5, 5.41) is 0. The molecule has 0 bridgehead atoms. The average molecular weight is 1070 g/mol. The van der Waals surface area contributed by atoms with Gasteiger partial charge in [-0.25, -0.2) is 0 Å². The van der Waals surface area contributed by atoms with E-state index in [4.69, 9.17) is 54.4 Å². The van der Waals surface area contributed by atoms with Gasteiger partial charge in [-0.3, -0.25) is 0 Å². The van der Waals surface area contributed by atoms with E-state index in [2.05, 4.69) is 138 Å². The Morgan fingerprint density at radius 2 is 0.603 bits per heavy atom. The standard InChI is InChI=1S/C25H52O6Si3.C17H28O4.C7H22O2Si3.CH4/c1-11-16-26-21-25(22-27-17-12-2,23-28-18-13-3)24-29-19-14-15-20-34(10,30-32(4,5)6)31-33(7,8)9;1-5-9-18-13-17(14-19-10-6-2,15-20-11-7-3)16-21-12-8-4;1-10(8-11(2,3)4)9-12(5,6)7;/h11-13H,1-3,14-24H2,4-10H3;5-8H,1-4,9-16H2;10H,1-7H3;1H4. The molecule has 0 saturated carbocycles. The van der Waals surface area contributed by atoms with Crippen molar-refractivity contribution in [2.24, 2.45) is 10.8 Å². The van der Waals surface area contributed by atoms with Crippen LogP contribution in [0.2, 0.25) is 97.7 Å². The first kappa shape index (κ1) is 73.5. The van der Waals surface area contributed by atoms with Gasteiger partial charge >= 0.3 is 8.56 Å². The van der Waals surface area contributed by atoms with E-state index < -0.39 is 56.5 Å². The van der Waals surface area contributed by atoms with Gasteiger partial charge in [0.1, 0.15) is 0 Å². The lowest BCUT2D eigenvalue weighted by molar-refractivity contribution is -0.0977. The zero-order chi connectivity index (χ0) is 51.9. The Morgan fingerprint density at radius 3 is 0.809 bits per heavy atom. The highest BCUT2D eigenvalue weighted by Gasteiger charge is 2.40. The Bertz CT molecular complexity index is 1170. The minimum absolute atomic E-state index is 0. The maximum absolute atomic E-state index is 6.60. The van der Waals surface area contributed by atoms with E-state index in [0.29, 0.717) is 106 Å². The van der Waals surface area contributed by atoms with Crippen LogP contribution in [0.3, 0.4) is 0 Å². The van der Waals surface area contributed by atoms with Gasteiger partial charge in [-0.05, 0) is 111 Å². The Kier molecular flexibility index (Phi) is 44.8. The van der Waals surface area contributed by atoms with E-state index >= 15 is 0 Å². The van der Waals surface area contributed by atoms with Crippen LogP contribution in [0.5, 0.6) is 0 Å². The maximum Gasteiger partial charge on any atom is 0.314 e. The Morgan fingerprint density at radius 1 is 0.368 bits per heavy atom. The van der Waals surface area contributed by atoms with Crippen LogP contribution >= 0.6 is 0 Å². The van der Waals surface area contributed by atoms with Gasteiger partial charge in [0.05, 0.1) is 110 Å². The van der Waals surface area contributed by atoms with Gasteiger partial charge in [0.15, 0.2) is 33.3 Å². The number of hydrogen-bond donors (Lipinski definition) is 0. The van der Waals surface area contributed by atoms with E-state index in [1.165, 1.54) is 0 Å². The normalized spacial score (nSPS) is 12.5. The summed E-state index contributed by atoms with van der Waals surface area (Å²) in [5.41, 5.74) is -0.780. The number of unbranched alkanes of at least 4 members (excludes halogenated alkanes) is 1. The van der Waals surface area contributed by atoms with Crippen molar-refractivity contribution in [2.75, 3.05) is 106 Å². The van der Waals surface area contributed by atoms with Crippen LogP contribution in [-0.2, 0) is 54.4 Å². The van der Waals surface area contributed by atoms with Crippen molar-refractivity contribution in [1.82, 2.24) is 0 Å². The van der Waals surface area contributed by atoms with Crippen molar-refractivity contribution in [3.8, 4) is 0 Å². The topological polar surface area (TPSA) is 111 Å². The third kappa shape index (κ3) is 48.6. The van der Waals surface area contributed by atoms with Crippen LogP contribution in [0.25, 0.3) is 0 Å². The first-order chi connectivity index (χ1) is 31.1. The third-order valence-electron chi connectivity index (χ3n) is 8.17. The SMILES string of the molecule is C.C=CCOCC(COCC=C)(COCC=C)COCC=C.C=CCOCC(COCC=C)(COCC=C)COCCCC[Si](C)(O[Si](C)(C)C)O[Si](C)(C)C.C[SiH](O[Si](C)(C)C)O[Si](C)(C)C. The van der Waals surface area contributed by atoms with Crippen LogP contribution in [-0.4, -0.2) is 157 Å². The van der Waals surface area contributed by atoms with Crippen LogP contribution in [0.1, 0.15) is 20.3 Å². The van der Waals surface area contributed by atoms with Crippen LogP contribution in [0.4, 0.5) is 0 Å². The van der Waals surface area contributed by atoms with Crippen molar-refractivity contribution in [3.05, 3.63) is 88.6 Å². The van der Waals surface area contributed by atoms with E-state index in [9.17, 15) is 0 Å². The second kappa shape index (κ2) is 41.5. The molecular formula is C50H106O12Si6. The van der Waals surface area contributed by atoms with E-state index in [1.807, 2.05) is 0 Å². The molecule has 12 nitrogen and oxygen atoms in total. The first-order valence-electron chi connectivity index (χ1n) is 23.8. The van der Waals surface area contributed by atoms with Gasteiger partial charge in [-0.1, -0.05) is 50.0 Å². The summed E-state index contributed by atoms with van der Waals surface area (Å²) in [6.45, 7) is 64.6. The monoisotopic (exact) mass is 1070 g/mol. The minimum Gasteiger partial charge on any atom is -0.439 e. The molecule has 0 unspecified atom stereocenters. The summed E-state index contributed by atoms with van der Waals surface area (Å²) in [6.07, 6.45) is 14.1. The van der Waals surface area contributed by atoms with Gasteiger partial charge in [0, 0.05) is 6.61 Å². The molecule has 18 heteroatoms. The molecule has 0 aliphatic carbocycles. The Balaban J connectivity index is -0.000000510. The average Bonchev–Trinajstić information content (AvgIpc) is 3.17. The summed E-state index contributed by atoms with van der Waals surface area (Å²) in [4.78, 5) is 0. The molecule has 0 aromatic carbocycles. The van der Waals surface area contributed by atoms with Gasteiger partial charge < -0.3 is 54.4 Å². The molecule has 68 heavy (non-hydrogen) atoms. The molecular weight excluding hydrogens is 961 g/mol. The van der Waals surface area contributed by atoms with Crippen LogP contribution in [0.15, 0.2) is 88.6 Å². The number of ether oxygens (including phenoxy) is 8. The highest BCUT2D eigenvalue weighted by atomic mass is 28.5. The fourth-order valence-electron chi connectivity index (χ4n) is 6.39. The van der Waals surface area contributed by atoms with Crippen molar-refractivity contribution in [1.29, 1.82) is 0 Å². The molecule has 402 valence electrons. The molecule has 0 fully saturated rings. The predicted octanol–water partition coefficient (Wildman–Crippen LogP) is 12.1. The molecule has 0 rings (SSSR count). The molecule has 0 atom stereocenters. The highest BCUT2D eigenvalue weighted by molar-refractivity contribution is 6.87. The minimum atomic E-state index is -2.20.